The fourth-order valence-electron chi connectivity index (χ4n) is 2.10. The van der Waals surface area contributed by atoms with Gasteiger partial charge in [-0.1, -0.05) is 44.2 Å². The number of urea groups is 1. The second-order valence-electron chi connectivity index (χ2n) is 6.02. The first-order valence-electron chi connectivity index (χ1n) is 7.50. The summed E-state index contributed by atoms with van der Waals surface area (Å²) in [7, 11) is 1.85. The lowest BCUT2D eigenvalue weighted by atomic mass is 10.0. The highest BCUT2D eigenvalue weighted by molar-refractivity contribution is 5.74. The molecule has 1 rings (SSSR count). The van der Waals surface area contributed by atoms with Gasteiger partial charge >= 0.3 is 6.03 Å². The smallest absolute Gasteiger partial charge is 0.317 e. The van der Waals surface area contributed by atoms with Crippen molar-refractivity contribution in [2.75, 3.05) is 7.05 Å². The quantitative estimate of drug-likeness (QED) is 0.829. The van der Waals surface area contributed by atoms with Gasteiger partial charge in [0.05, 0.1) is 6.04 Å². The van der Waals surface area contributed by atoms with Gasteiger partial charge < -0.3 is 10.2 Å². The van der Waals surface area contributed by atoms with Crippen LogP contribution in [0.25, 0.3) is 0 Å². The van der Waals surface area contributed by atoms with Crippen LogP contribution in [0.15, 0.2) is 30.3 Å². The third-order valence-electron chi connectivity index (χ3n) is 3.73. The van der Waals surface area contributed by atoms with E-state index in [2.05, 4.69) is 38.2 Å². The number of hydrogen-bond donors (Lipinski definition) is 1. The zero-order chi connectivity index (χ0) is 15.1. The number of nitrogens with zero attached hydrogens (tertiary/aromatic N) is 1. The molecule has 0 saturated carbocycles. The van der Waals surface area contributed by atoms with E-state index in [4.69, 9.17) is 0 Å². The fraction of sp³-hybridized carbons (Fsp3) is 0.588. The highest BCUT2D eigenvalue weighted by Gasteiger charge is 2.18. The molecule has 2 atom stereocenters. The molecule has 0 saturated heterocycles. The summed E-state index contributed by atoms with van der Waals surface area (Å²) in [4.78, 5) is 14.0. The second kappa shape index (κ2) is 7.93. The van der Waals surface area contributed by atoms with Gasteiger partial charge in [-0.2, -0.15) is 0 Å². The summed E-state index contributed by atoms with van der Waals surface area (Å²) >= 11 is 0. The predicted molar refractivity (Wildman–Crippen MR) is 84.7 cm³/mol. The molecule has 112 valence electrons. The molecule has 0 heterocycles. The summed E-state index contributed by atoms with van der Waals surface area (Å²) in [6.45, 7) is 8.53. The van der Waals surface area contributed by atoms with Crippen LogP contribution in [0.4, 0.5) is 4.79 Å². The SMILES string of the molecule is CC(C)CCC(C)NC(=O)N(C)C(C)c1ccccc1. The summed E-state index contributed by atoms with van der Waals surface area (Å²) in [6.07, 6.45) is 2.16. The van der Waals surface area contributed by atoms with E-state index in [-0.39, 0.29) is 18.1 Å². The molecule has 0 aliphatic rings. The van der Waals surface area contributed by atoms with Crippen molar-refractivity contribution in [3.05, 3.63) is 35.9 Å². The van der Waals surface area contributed by atoms with Gasteiger partial charge in [-0.25, -0.2) is 4.79 Å². The first-order valence-corrected chi connectivity index (χ1v) is 7.50. The first-order chi connectivity index (χ1) is 9.41. The Labute approximate surface area is 123 Å². The van der Waals surface area contributed by atoms with Gasteiger partial charge in [0.25, 0.3) is 0 Å². The highest BCUT2D eigenvalue weighted by Crippen LogP contribution is 2.18. The Morgan fingerprint density at radius 3 is 2.25 bits per heavy atom. The number of carbonyl (C=O) groups excluding carboxylic acids is 1. The maximum Gasteiger partial charge on any atom is 0.317 e. The second-order valence-corrected chi connectivity index (χ2v) is 6.02. The van der Waals surface area contributed by atoms with Gasteiger partial charge in [0.1, 0.15) is 0 Å². The van der Waals surface area contributed by atoms with E-state index >= 15 is 0 Å². The molecule has 1 N–H and O–H groups in total. The zero-order valence-corrected chi connectivity index (χ0v) is 13.4. The third-order valence-corrected chi connectivity index (χ3v) is 3.73. The number of carbonyl (C=O) groups is 1. The summed E-state index contributed by atoms with van der Waals surface area (Å²) in [6, 6.07) is 10.4. The number of benzene rings is 1. The van der Waals surface area contributed by atoms with E-state index in [1.807, 2.05) is 32.2 Å². The van der Waals surface area contributed by atoms with E-state index in [0.29, 0.717) is 5.92 Å². The Balaban J connectivity index is 2.50. The Hall–Kier alpha value is -1.51. The van der Waals surface area contributed by atoms with Crippen molar-refractivity contribution >= 4 is 6.03 Å². The molecule has 2 amide bonds. The molecular weight excluding hydrogens is 248 g/mol. The molecule has 3 heteroatoms. The van der Waals surface area contributed by atoms with Crippen molar-refractivity contribution < 1.29 is 4.79 Å². The van der Waals surface area contributed by atoms with E-state index in [0.717, 1.165) is 18.4 Å². The zero-order valence-electron chi connectivity index (χ0n) is 13.4. The Morgan fingerprint density at radius 2 is 1.70 bits per heavy atom. The van der Waals surface area contributed by atoms with Gasteiger partial charge in [-0.15, -0.1) is 0 Å². The highest BCUT2D eigenvalue weighted by atomic mass is 16.2. The van der Waals surface area contributed by atoms with E-state index in [9.17, 15) is 4.79 Å². The molecular formula is C17H28N2O. The monoisotopic (exact) mass is 276 g/mol. The van der Waals surface area contributed by atoms with Crippen LogP contribution in [0.5, 0.6) is 0 Å². The summed E-state index contributed by atoms with van der Waals surface area (Å²) in [5, 5.41) is 3.07. The Kier molecular flexibility index (Phi) is 6.56. The standard InChI is InChI=1S/C17H28N2O/c1-13(2)11-12-14(3)18-17(20)19(5)15(4)16-9-7-6-8-10-16/h6-10,13-15H,11-12H2,1-5H3,(H,18,20). The van der Waals surface area contributed by atoms with Gasteiger partial charge in [0.2, 0.25) is 0 Å². The fourth-order valence-corrected chi connectivity index (χ4v) is 2.10. The molecule has 0 radical (unpaired) electrons. The molecule has 0 aliphatic carbocycles. The molecule has 2 unspecified atom stereocenters. The van der Waals surface area contributed by atoms with Gasteiger partial charge in [0, 0.05) is 13.1 Å². The van der Waals surface area contributed by atoms with Gasteiger partial charge in [0.15, 0.2) is 0 Å². The summed E-state index contributed by atoms with van der Waals surface area (Å²) < 4.78 is 0. The van der Waals surface area contributed by atoms with E-state index in [1.165, 1.54) is 0 Å². The Bertz CT molecular complexity index is 403. The van der Waals surface area contributed by atoms with Crippen LogP contribution in [0.1, 0.15) is 52.1 Å². The third kappa shape index (κ3) is 5.24. The average molecular weight is 276 g/mol. The minimum absolute atomic E-state index is 0.00221. The van der Waals surface area contributed by atoms with Gasteiger partial charge in [-0.3, -0.25) is 0 Å². The molecule has 3 nitrogen and oxygen atoms in total. The van der Waals surface area contributed by atoms with Crippen molar-refractivity contribution in [2.24, 2.45) is 5.92 Å². The Morgan fingerprint density at radius 1 is 1.10 bits per heavy atom. The largest absolute Gasteiger partial charge is 0.336 e. The van der Waals surface area contributed by atoms with Crippen molar-refractivity contribution in [1.82, 2.24) is 10.2 Å². The van der Waals surface area contributed by atoms with Crippen molar-refractivity contribution in [2.45, 2.75) is 52.6 Å². The number of hydrogen-bond acceptors (Lipinski definition) is 1. The lowest BCUT2D eigenvalue weighted by Gasteiger charge is -2.27. The molecule has 0 bridgehead atoms. The average Bonchev–Trinajstić information content (AvgIpc) is 2.44. The first kappa shape index (κ1) is 16.5. The number of amides is 2. The van der Waals surface area contributed by atoms with Crippen LogP contribution < -0.4 is 5.32 Å². The van der Waals surface area contributed by atoms with Crippen LogP contribution >= 0.6 is 0 Å². The molecule has 20 heavy (non-hydrogen) atoms. The topological polar surface area (TPSA) is 32.3 Å². The minimum Gasteiger partial charge on any atom is -0.336 e. The molecule has 1 aromatic carbocycles. The molecule has 0 fully saturated rings. The van der Waals surface area contributed by atoms with E-state index < -0.39 is 0 Å². The summed E-state index contributed by atoms with van der Waals surface area (Å²) in [5.41, 5.74) is 1.15. The minimum atomic E-state index is -0.00221. The van der Waals surface area contributed by atoms with Crippen LogP contribution in [-0.2, 0) is 0 Å². The van der Waals surface area contributed by atoms with Crippen molar-refractivity contribution in [1.29, 1.82) is 0 Å². The van der Waals surface area contributed by atoms with Crippen molar-refractivity contribution in [3.63, 3.8) is 0 Å². The normalized spacial score (nSPS) is 13.9. The maximum absolute atomic E-state index is 12.2. The van der Waals surface area contributed by atoms with Crippen LogP contribution in [0.2, 0.25) is 0 Å². The summed E-state index contributed by atoms with van der Waals surface area (Å²) in [5.74, 6) is 0.676. The van der Waals surface area contributed by atoms with Crippen LogP contribution in [-0.4, -0.2) is 24.0 Å². The maximum atomic E-state index is 12.2. The number of rotatable bonds is 6. The molecule has 0 aromatic heterocycles. The van der Waals surface area contributed by atoms with Gasteiger partial charge in [-0.05, 0) is 38.2 Å². The number of nitrogens with one attached hydrogen (secondary N) is 1. The molecule has 0 aliphatic heterocycles. The van der Waals surface area contributed by atoms with Crippen molar-refractivity contribution in [3.8, 4) is 0 Å². The molecule has 1 aromatic rings. The lowest BCUT2D eigenvalue weighted by molar-refractivity contribution is 0.190. The lowest BCUT2D eigenvalue weighted by Crippen LogP contribution is -2.43. The molecule has 0 spiro atoms. The van der Waals surface area contributed by atoms with E-state index in [1.54, 1.807) is 4.90 Å². The van der Waals surface area contributed by atoms with Crippen LogP contribution in [0.3, 0.4) is 0 Å². The predicted octanol–water partition coefficient (Wildman–Crippen LogP) is 4.21. The van der Waals surface area contributed by atoms with Crippen LogP contribution in [0, 0.1) is 5.92 Å².